The second-order valence-corrected chi connectivity index (χ2v) is 5.37. The minimum atomic E-state index is 0.0525. The van der Waals surface area contributed by atoms with Crippen LogP contribution in [-0.2, 0) is 0 Å². The number of aromatic nitrogens is 2. The van der Waals surface area contributed by atoms with Crippen molar-refractivity contribution in [1.29, 1.82) is 0 Å². The maximum Gasteiger partial charge on any atom is 0.225 e. The molecule has 3 rings (SSSR count). The lowest BCUT2D eigenvalue weighted by Crippen LogP contribution is -2.47. The van der Waals surface area contributed by atoms with Crippen LogP contribution in [0.1, 0.15) is 18.5 Å². The Bertz CT molecular complexity index is 576. The van der Waals surface area contributed by atoms with Crippen LogP contribution in [0.15, 0.2) is 42.7 Å². The highest BCUT2D eigenvalue weighted by Crippen LogP contribution is 2.26. The van der Waals surface area contributed by atoms with E-state index < -0.39 is 0 Å². The summed E-state index contributed by atoms with van der Waals surface area (Å²) in [6.07, 6.45) is 3.58. The number of nitrogens with two attached hydrogens (primary N) is 1. The van der Waals surface area contributed by atoms with Gasteiger partial charge >= 0.3 is 0 Å². The van der Waals surface area contributed by atoms with E-state index in [0.29, 0.717) is 0 Å². The molecule has 1 aromatic carbocycles. The lowest BCUT2D eigenvalue weighted by atomic mass is 10.1. The average molecular weight is 283 g/mol. The molecule has 2 N–H and O–H groups in total. The van der Waals surface area contributed by atoms with Gasteiger partial charge in [0.15, 0.2) is 0 Å². The molecule has 0 radical (unpaired) electrons. The zero-order valence-electron chi connectivity index (χ0n) is 12.3. The van der Waals surface area contributed by atoms with Gasteiger partial charge in [0.2, 0.25) is 5.95 Å². The summed E-state index contributed by atoms with van der Waals surface area (Å²) in [5.41, 5.74) is 8.54. The molecule has 1 aromatic heterocycles. The van der Waals surface area contributed by atoms with Gasteiger partial charge in [0.05, 0.1) is 0 Å². The minimum absolute atomic E-state index is 0.0525. The van der Waals surface area contributed by atoms with E-state index in [1.54, 1.807) is 12.4 Å². The van der Waals surface area contributed by atoms with Crippen molar-refractivity contribution in [3.8, 4) is 0 Å². The predicted molar refractivity (Wildman–Crippen MR) is 85.5 cm³/mol. The number of para-hydroxylation sites is 1. The highest BCUT2D eigenvalue weighted by Gasteiger charge is 2.21. The molecule has 21 heavy (non-hydrogen) atoms. The number of nitrogens with zero attached hydrogens (tertiary/aromatic N) is 4. The maximum absolute atomic E-state index is 6.08. The average Bonchev–Trinajstić information content (AvgIpc) is 2.56. The Balaban J connectivity index is 1.72. The molecular formula is C16H21N5. The SMILES string of the molecule is C[C@H](N)c1ccccc1N1CCN(c2ncccn2)CC1. The van der Waals surface area contributed by atoms with Gasteiger partial charge in [-0.1, -0.05) is 18.2 Å². The Hall–Kier alpha value is -2.14. The second-order valence-electron chi connectivity index (χ2n) is 5.37. The Kier molecular flexibility index (Phi) is 4.01. The smallest absolute Gasteiger partial charge is 0.225 e. The highest BCUT2D eigenvalue weighted by atomic mass is 15.3. The van der Waals surface area contributed by atoms with E-state index in [-0.39, 0.29) is 6.04 Å². The number of anilines is 2. The molecule has 5 heteroatoms. The van der Waals surface area contributed by atoms with Crippen molar-refractivity contribution < 1.29 is 0 Å². The Morgan fingerprint density at radius 3 is 2.24 bits per heavy atom. The Morgan fingerprint density at radius 2 is 1.57 bits per heavy atom. The summed E-state index contributed by atoms with van der Waals surface area (Å²) in [7, 11) is 0. The summed E-state index contributed by atoms with van der Waals surface area (Å²) in [5.74, 6) is 0.817. The van der Waals surface area contributed by atoms with Crippen molar-refractivity contribution >= 4 is 11.6 Å². The number of hydrogen-bond donors (Lipinski definition) is 1. The molecule has 1 atom stereocenters. The molecule has 2 heterocycles. The normalized spacial score (nSPS) is 16.9. The van der Waals surface area contributed by atoms with Crippen LogP contribution in [-0.4, -0.2) is 36.1 Å². The third-order valence-corrected chi connectivity index (χ3v) is 3.88. The molecule has 2 aromatic rings. The quantitative estimate of drug-likeness (QED) is 0.931. The summed E-state index contributed by atoms with van der Waals surface area (Å²) in [6, 6.07) is 10.3. The van der Waals surface area contributed by atoms with E-state index in [1.807, 2.05) is 13.0 Å². The van der Waals surface area contributed by atoms with Crippen molar-refractivity contribution in [1.82, 2.24) is 9.97 Å². The van der Waals surface area contributed by atoms with Gasteiger partial charge in [0.25, 0.3) is 0 Å². The molecule has 0 amide bonds. The lowest BCUT2D eigenvalue weighted by molar-refractivity contribution is 0.635. The molecule has 0 aliphatic carbocycles. The first-order valence-electron chi connectivity index (χ1n) is 7.37. The van der Waals surface area contributed by atoms with Crippen LogP contribution in [0.2, 0.25) is 0 Å². The number of rotatable bonds is 3. The van der Waals surface area contributed by atoms with E-state index in [0.717, 1.165) is 32.1 Å². The van der Waals surface area contributed by atoms with Crippen LogP contribution in [0.3, 0.4) is 0 Å². The van der Waals surface area contributed by atoms with Crippen LogP contribution in [0.4, 0.5) is 11.6 Å². The van der Waals surface area contributed by atoms with Gasteiger partial charge in [-0.15, -0.1) is 0 Å². The van der Waals surface area contributed by atoms with E-state index in [1.165, 1.54) is 11.3 Å². The van der Waals surface area contributed by atoms with Gasteiger partial charge in [-0.05, 0) is 24.6 Å². The van der Waals surface area contributed by atoms with Gasteiger partial charge in [0, 0.05) is 50.3 Å². The summed E-state index contributed by atoms with van der Waals surface area (Å²) >= 11 is 0. The van der Waals surface area contributed by atoms with E-state index >= 15 is 0 Å². The van der Waals surface area contributed by atoms with Crippen molar-refractivity contribution in [2.75, 3.05) is 36.0 Å². The third kappa shape index (κ3) is 2.97. The van der Waals surface area contributed by atoms with Crippen molar-refractivity contribution in [2.45, 2.75) is 13.0 Å². The van der Waals surface area contributed by atoms with Crippen LogP contribution in [0.5, 0.6) is 0 Å². The first-order chi connectivity index (χ1) is 10.3. The molecule has 0 spiro atoms. The topological polar surface area (TPSA) is 58.3 Å². The summed E-state index contributed by atoms with van der Waals surface area (Å²) in [5, 5.41) is 0. The van der Waals surface area contributed by atoms with Gasteiger partial charge in [-0.2, -0.15) is 0 Å². The van der Waals surface area contributed by atoms with E-state index in [9.17, 15) is 0 Å². The molecule has 5 nitrogen and oxygen atoms in total. The molecule has 1 fully saturated rings. The summed E-state index contributed by atoms with van der Waals surface area (Å²) < 4.78 is 0. The van der Waals surface area contributed by atoms with Gasteiger partial charge < -0.3 is 15.5 Å². The van der Waals surface area contributed by atoms with Crippen molar-refractivity contribution in [3.63, 3.8) is 0 Å². The Labute approximate surface area is 125 Å². The zero-order valence-corrected chi connectivity index (χ0v) is 12.3. The molecule has 1 aliphatic heterocycles. The van der Waals surface area contributed by atoms with Crippen LogP contribution < -0.4 is 15.5 Å². The zero-order chi connectivity index (χ0) is 14.7. The molecule has 0 bridgehead atoms. The van der Waals surface area contributed by atoms with Crippen molar-refractivity contribution in [3.05, 3.63) is 48.3 Å². The van der Waals surface area contributed by atoms with Gasteiger partial charge in [0.1, 0.15) is 0 Å². The maximum atomic E-state index is 6.08. The molecule has 0 saturated carbocycles. The van der Waals surface area contributed by atoms with Gasteiger partial charge in [-0.3, -0.25) is 0 Å². The fraction of sp³-hybridized carbons (Fsp3) is 0.375. The summed E-state index contributed by atoms with van der Waals surface area (Å²) in [4.78, 5) is 13.3. The molecular weight excluding hydrogens is 262 g/mol. The number of hydrogen-bond acceptors (Lipinski definition) is 5. The molecule has 1 aliphatic rings. The molecule has 1 saturated heterocycles. The van der Waals surface area contributed by atoms with Gasteiger partial charge in [-0.25, -0.2) is 9.97 Å². The lowest BCUT2D eigenvalue weighted by Gasteiger charge is -2.37. The van der Waals surface area contributed by atoms with Crippen LogP contribution >= 0.6 is 0 Å². The predicted octanol–water partition coefficient (Wildman–Crippen LogP) is 1.82. The monoisotopic (exact) mass is 283 g/mol. The fourth-order valence-corrected chi connectivity index (χ4v) is 2.76. The first kappa shape index (κ1) is 13.8. The van der Waals surface area contributed by atoms with E-state index in [4.69, 9.17) is 5.73 Å². The minimum Gasteiger partial charge on any atom is -0.368 e. The van der Waals surface area contributed by atoms with Crippen LogP contribution in [0.25, 0.3) is 0 Å². The Morgan fingerprint density at radius 1 is 0.952 bits per heavy atom. The number of benzene rings is 1. The third-order valence-electron chi connectivity index (χ3n) is 3.88. The first-order valence-corrected chi connectivity index (χ1v) is 7.37. The highest BCUT2D eigenvalue weighted by molar-refractivity contribution is 5.56. The summed E-state index contributed by atoms with van der Waals surface area (Å²) in [6.45, 7) is 5.81. The largest absolute Gasteiger partial charge is 0.368 e. The number of piperazine rings is 1. The standard InChI is InChI=1S/C16H21N5/c1-13(17)14-5-2-3-6-15(14)20-9-11-21(12-10-20)16-18-7-4-8-19-16/h2-8,13H,9-12,17H2,1H3/t13-/m0/s1. The fourth-order valence-electron chi connectivity index (χ4n) is 2.76. The van der Waals surface area contributed by atoms with Crippen molar-refractivity contribution in [2.24, 2.45) is 5.73 Å². The second kappa shape index (κ2) is 6.10. The molecule has 0 unspecified atom stereocenters. The molecule has 110 valence electrons. The van der Waals surface area contributed by atoms with Crippen LogP contribution in [0, 0.1) is 0 Å². The van der Waals surface area contributed by atoms with E-state index in [2.05, 4.69) is 44.0 Å².